The largest absolute Gasteiger partial charge is 0.329 e. The molecule has 1 saturated heterocycles. The summed E-state index contributed by atoms with van der Waals surface area (Å²) in [7, 11) is 0. The lowest BCUT2D eigenvalue weighted by Gasteiger charge is -2.18. The molecule has 13 heavy (non-hydrogen) atoms. The van der Waals surface area contributed by atoms with Gasteiger partial charge in [-0.05, 0) is 13.3 Å². The molecule has 1 unspecified atom stereocenters. The molecule has 74 valence electrons. The van der Waals surface area contributed by atoms with Gasteiger partial charge < -0.3 is 11.1 Å². The van der Waals surface area contributed by atoms with Crippen LogP contribution in [0.4, 0.5) is 4.79 Å². The fourth-order valence-electron chi connectivity index (χ4n) is 1.32. The van der Waals surface area contributed by atoms with Gasteiger partial charge in [0.1, 0.15) is 5.54 Å². The predicted octanol–water partition coefficient (Wildman–Crippen LogP) is -0.334. The molecule has 5 heteroatoms. The van der Waals surface area contributed by atoms with Crippen molar-refractivity contribution in [2.24, 2.45) is 5.73 Å². The molecule has 1 heterocycles. The van der Waals surface area contributed by atoms with E-state index in [9.17, 15) is 9.59 Å². The van der Waals surface area contributed by atoms with E-state index < -0.39 is 5.54 Å². The van der Waals surface area contributed by atoms with Crippen molar-refractivity contribution in [2.45, 2.75) is 25.8 Å². The van der Waals surface area contributed by atoms with E-state index in [0.29, 0.717) is 19.5 Å². The minimum absolute atomic E-state index is 0.176. The van der Waals surface area contributed by atoms with E-state index >= 15 is 0 Å². The number of carbonyl (C=O) groups is 2. The van der Waals surface area contributed by atoms with Crippen LogP contribution in [0.3, 0.4) is 0 Å². The van der Waals surface area contributed by atoms with Crippen molar-refractivity contribution in [3.63, 3.8) is 0 Å². The average Bonchev–Trinajstić information content (AvgIpc) is 2.31. The van der Waals surface area contributed by atoms with E-state index in [4.69, 9.17) is 5.73 Å². The van der Waals surface area contributed by atoms with Gasteiger partial charge in [-0.15, -0.1) is 0 Å². The van der Waals surface area contributed by atoms with Gasteiger partial charge in [-0.3, -0.25) is 9.69 Å². The molecule has 1 fully saturated rings. The maximum atomic E-state index is 11.6. The highest BCUT2D eigenvalue weighted by Gasteiger charge is 2.45. The molecule has 3 amide bonds. The summed E-state index contributed by atoms with van der Waals surface area (Å²) in [5, 5.41) is 2.65. The van der Waals surface area contributed by atoms with Crippen molar-refractivity contribution in [3.8, 4) is 0 Å². The van der Waals surface area contributed by atoms with Gasteiger partial charge in [-0.2, -0.15) is 0 Å². The first-order valence-electron chi connectivity index (χ1n) is 4.39. The predicted molar refractivity (Wildman–Crippen MR) is 48.0 cm³/mol. The number of hydrogen-bond acceptors (Lipinski definition) is 3. The number of carbonyl (C=O) groups excluding carboxylic acids is 2. The number of nitrogens with one attached hydrogen (secondary N) is 1. The second-order valence-electron chi connectivity index (χ2n) is 3.36. The van der Waals surface area contributed by atoms with Gasteiger partial charge in [-0.25, -0.2) is 4.79 Å². The van der Waals surface area contributed by atoms with Gasteiger partial charge in [0.15, 0.2) is 0 Å². The average molecular weight is 185 g/mol. The summed E-state index contributed by atoms with van der Waals surface area (Å²) in [6, 6.07) is -0.334. The van der Waals surface area contributed by atoms with Crippen molar-refractivity contribution in [1.82, 2.24) is 10.2 Å². The molecule has 1 atom stereocenters. The Labute approximate surface area is 77.3 Å². The molecular weight excluding hydrogens is 170 g/mol. The Morgan fingerprint density at radius 2 is 2.15 bits per heavy atom. The fourth-order valence-corrected chi connectivity index (χ4v) is 1.32. The van der Waals surface area contributed by atoms with Crippen LogP contribution in [0.2, 0.25) is 0 Å². The van der Waals surface area contributed by atoms with Crippen LogP contribution in [0, 0.1) is 0 Å². The van der Waals surface area contributed by atoms with Gasteiger partial charge in [0, 0.05) is 13.1 Å². The molecule has 0 aliphatic carbocycles. The highest BCUT2D eigenvalue weighted by molar-refractivity contribution is 6.06. The minimum Gasteiger partial charge on any atom is -0.329 e. The first-order chi connectivity index (χ1) is 6.05. The summed E-state index contributed by atoms with van der Waals surface area (Å²) in [6.45, 7) is 4.19. The molecule has 1 rings (SSSR count). The smallest absolute Gasteiger partial charge is 0.325 e. The normalized spacial score (nSPS) is 28.1. The second kappa shape index (κ2) is 3.33. The third-order valence-electron chi connectivity index (χ3n) is 2.40. The molecule has 0 radical (unpaired) electrons. The van der Waals surface area contributed by atoms with E-state index in [1.165, 1.54) is 4.90 Å². The van der Waals surface area contributed by atoms with Crippen molar-refractivity contribution in [1.29, 1.82) is 0 Å². The van der Waals surface area contributed by atoms with Gasteiger partial charge in [0.2, 0.25) is 0 Å². The van der Waals surface area contributed by atoms with Crippen LogP contribution in [0.5, 0.6) is 0 Å². The number of nitrogens with zero attached hydrogens (tertiary/aromatic N) is 1. The summed E-state index contributed by atoms with van der Waals surface area (Å²) < 4.78 is 0. The number of imide groups is 1. The Kier molecular flexibility index (Phi) is 2.56. The van der Waals surface area contributed by atoms with Gasteiger partial charge in [-0.1, -0.05) is 6.92 Å². The standard InChI is InChI=1S/C8H15N3O2/c1-3-8(2)6(12)11(5-4-9)7(13)10-8/h3-5,9H2,1-2H3,(H,10,13). The number of hydrogen-bond donors (Lipinski definition) is 2. The van der Waals surface area contributed by atoms with E-state index in [2.05, 4.69) is 5.32 Å². The SMILES string of the molecule is CCC1(C)NC(=O)N(CCN)C1=O. The Hall–Kier alpha value is -1.10. The zero-order valence-corrected chi connectivity index (χ0v) is 7.96. The molecule has 0 aromatic heterocycles. The minimum atomic E-state index is -0.730. The molecule has 0 saturated carbocycles. The molecule has 1 aliphatic rings. The van der Waals surface area contributed by atoms with E-state index in [-0.39, 0.29) is 11.9 Å². The monoisotopic (exact) mass is 185 g/mol. The molecule has 5 nitrogen and oxygen atoms in total. The van der Waals surface area contributed by atoms with E-state index in [1.54, 1.807) is 6.92 Å². The molecule has 0 bridgehead atoms. The van der Waals surface area contributed by atoms with Gasteiger partial charge in [0.25, 0.3) is 5.91 Å². The first kappa shape index (κ1) is 9.98. The Balaban J connectivity index is 2.81. The van der Waals surface area contributed by atoms with Crippen LogP contribution in [0.25, 0.3) is 0 Å². The van der Waals surface area contributed by atoms with Crippen LogP contribution in [-0.4, -0.2) is 35.5 Å². The van der Waals surface area contributed by atoms with Gasteiger partial charge in [0.05, 0.1) is 0 Å². The molecule has 0 aromatic carbocycles. The fraction of sp³-hybridized carbons (Fsp3) is 0.750. The summed E-state index contributed by atoms with van der Waals surface area (Å²) in [6.07, 6.45) is 0.596. The maximum Gasteiger partial charge on any atom is 0.325 e. The van der Waals surface area contributed by atoms with E-state index in [1.807, 2.05) is 6.92 Å². The lowest BCUT2D eigenvalue weighted by molar-refractivity contribution is -0.130. The third kappa shape index (κ3) is 1.51. The van der Waals surface area contributed by atoms with Crippen molar-refractivity contribution < 1.29 is 9.59 Å². The number of rotatable bonds is 3. The molecule has 0 spiro atoms. The summed E-state index contributed by atoms with van der Waals surface area (Å²) in [5.74, 6) is -0.176. The van der Waals surface area contributed by atoms with Crippen LogP contribution in [0.1, 0.15) is 20.3 Å². The van der Waals surface area contributed by atoms with Crippen LogP contribution < -0.4 is 11.1 Å². The van der Waals surface area contributed by atoms with Crippen molar-refractivity contribution in [2.75, 3.05) is 13.1 Å². The molecule has 3 N–H and O–H groups in total. The summed E-state index contributed by atoms with van der Waals surface area (Å²) >= 11 is 0. The molecule has 0 aromatic rings. The topological polar surface area (TPSA) is 75.4 Å². The van der Waals surface area contributed by atoms with Crippen LogP contribution >= 0.6 is 0 Å². The summed E-state index contributed by atoms with van der Waals surface area (Å²) in [5.41, 5.74) is 4.56. The lowest BCUT2D eigenvalue weighted by Crippen LogP contribution is -2.43. The van der Waals surface area contributed by atoms with Crippen molar-refractivity contribution in [3.05, 3.63) is 0 Å². The highest BCUT2D eigenvalue weighted by Crippen LogP contribution is 2.19. The van der Waals surface area contributed by atoms with Crippen molar-refractivity contribution >= 4 is 11.9 Å². The lowest BCUT2D eigenvalue weighted by atomic mass is 9.99. The van der Waals surface area contributed by atoms with Gasteiger partial charge >= 0.3 is 6.03 Å². The zero-order chi connectivity index (χ0) is 10.1. The van der Waals surface area contributed by atoms with Crippen LogP contribution in [-0.2, 0) is 4.79 Å². The number of nitrogens with two attached hydrogens (primary N) is 1. The summed E-state index contributed by atoms with van der Waals surface area (Å²) in [4.78, 5) is 24.1. The Morgan fingerprint density at radius 3 is 2.54 bits per heavy atom. The Morgan fingerprint density at radius 1 is 1.54 bits per heavy atom. The quantitative estimate of drug-likeness (QED) is 0.591. The number of amides is 3. The third-order valence-corrected chi connectivity index (χ3v) is 2.40. The Bertz CT molecular complexity index is 242. The number of urea groups is 1. The second-order valence-corrected chi connectivity index (χ2v) is 3.36. The molecular formula is C8H15N3O2. The zero-order valence-electron chi connectivity index (χ0n) is 7.96. The highest BCUT2D eigenvalue weighted by atomic mass is 16.2. The van der Waals surface area contributed by atoms with E-state index in [0.717, 1.165) is 0 Å². The first-order valence-corrected chi connectivity index (χ1v) is 4.39. The molecule has 1 aliphatic heterocycles. The maximum absolute atomic E-state index is 11.6. The van der Waals surface area contributed by atoms with Crippen LogP contribution in [0.15, 0.2) is 0 Å².